The summed E-state index contributed by atoms with van der Waals surface area (Å²) in [6.07, 6.45) is 2.11. The van der Waals surface area contributed by atoms with Gasteiger partial charge in [-0.3, -0.25) is 0 Å². The number of benzene rings is 1. The lowest BCUT2D eigenvalue weighted by Crippen LogP contribution is -2.47. The molecule has 0 unspecified atom stereocenters. The van der Waals surface area contributed by atoms with Crippen molar-refractivity contribution in [3.8, 4) is 6.07 Å². The van der Waals surface area contributed by atoms with Crippen molar-refractivity contribution in [2.45, 2.75) is 18.9 Å². The Morgan fingerprint density at radius 3 is 3.11 bits per heavy atom. The molecule has 1 atom stereocenters. The Labute approximate surface area is 113 Å². The zero-order chi connectivity index (χ0) is 13.7. The Morgan fingerprint density at radius 1 is 1.53 bits per heavy atom. The molecule has 2 rings (SSSR count). The molecule has 1 aromatic rings. The topological polar surface area (TPSA) is 68.2 Å². The van der Waals surface area contributed by atoms with Crippen LogP contribution in [-0.2, 0) is 0 Å². The molecule has 1 fully saturated rings. The molecule has 2 N–H and O–H groups in total. The van der Waals surface area contributed by atoms with Crippen molar-refractivity contribution in [1.82, 2.24) is 10.2 Å². The number of carbonyl (C=O) groups is 1. The molecule has 0 spiro atoms. The summed E-state index contributed by atoms with van der Waals surface area (Å²) in [5.74, 6) is 0. The Morgan fingerprint density at radius 2 is 2.37 bits per heavy atom. The average molecular weight is 258 g/mol. The number of hydrogen-bond donors (Lipinski definition) is 2. The number of nitriles is 1. The molecule has 100 valence electrons. The van der Waals surface area contributed by atoms with Crippen LogP contribution in [-0.4, -0.2) is 37.1 Å². The predicted octanol–water partition coefficient (Wildman–Crippen LogP) is 1.77. The summed E-state index contributed by atoms with van der Waals surface area (Å²) in [7, 11) is 2.06. The van der Waals surface area contributed by atoms with Crippen molar-refractivity contribution < 1.29 is 4.79 Å². The van der Waals surface area contributed by atoms with Crippen LogP contribution in [0.3, 0.4) is 0 Å². The minimum atomic E-state index is -0.213. The second-order valence-electron chi connectivity index (χ2n) is 4.89. The summed E-state index contributed by atoms with van der Waals surface area (Å²) in [5.41, 5.74) is 1.18. The third kappa shape index (κ3) is 3.97. The fraction of sp³-hybridized carbons (Fsp3) is 0.429. The van der Waals surface area contributed by atoms with Gasteiger partial charge >= 0.3 is 6.03 Å². The van der Waals surface area contributed by atoms with Crippen molar-refractivity contribution >= 4 is 11.7 Å². The number of urea groups is 1. The number of rotatable bonds is 2. The van der Waals surface area contributed by atoms with E-state index in [4.69, 9.17) is 5.26 Å². The highest BCUT2D eigenvalue weighted by atomic mass is 16.2. The molecule has 19 heavy (non-hydrogen) atoms. The summed E-state index contributed by atoms with van der Waals surface area (Å²) in [5, 5.41) is 14.5. The fourth-order valence-electron chi connectivity index (χ4n) is 2.30. The van der Waals surface area contributed by atoms with Crippen LogP contribution >= 0.6 is 0 Å². The lowest BCUT2D eigenvalue weighted by atomic mass is 10.1. The highest BCUT2D eigenvalue weighted by molar-refractivity contribution is 5.89. The SMILES string of the molecule is CN1CCC[C@@H](NC(=O)Nc2cccc(C#N)c2)C1. The summed E-state index contributed by atoms with van der Waals surface area (Å²) in [4.78, 5) is 14.1. The number of likely N-dealkylation sites (N-methyl/N-ethyl adjacent to an activating group) is 1. The minimum Gasteiger partial charge on any atom is -0.334 e. The molecule has 0 aliphatic carbocycles. The summed E-state index contributed by atoms with van der Waals surface area (Å²) in [6.45, 7) is 1.97. The average Bonchev–Trinajstić information content (AvgIpc) is 2.38. The first-order chi connectivity index (χ1) is 9.17. The van der Waals surface area contributed by atoms with Gasteiger partial charge in [-0.1, -0.05) is 6.07 Å². The maximum atomic E-state index is 11.9. The minimum absolute atomic E-state index is 0.192. The number of amides is 2. The molecule has 1 aliphatic rings. The number of nitrogens with zero attached hydrogens (tertiary/aromatic N) is 2. The third-order valence-electron chi connectivity index (χ3n) is 3.21. The van der Waals surface area contributed by atoms with Crippen molar-refractivity contribution in [2.24, 2.45) is 0 Å². The van der Waals surface area contributed by atoms with Crippen LogP contribution in [0.1, 0.15) is 18.4 Å². The van der Waals surface area contributed by atoms with Crippen LogP contribution in [0.25, 0.3) is 0 Å². The molecule has 0 saturated carbocycles. The molecule has 5 heteroatoms. The lowest BCUT2D eigenvalue weighted by Gasteiger charge is -2.30. The second kappa shape index (κ2) is 6.21. The van der Waals surface area contributed by atoms with Crippen LogP contribution in [0, 0.1) is 11.3 Å². The summed E-state index contributed by atoms with van der Waals surface area (Å²) >= 11 is 0. The van der Waals surface area contributed by atoms with E-state index in [1.807, 2.05) is 6.07 Å². The van der Waals surface area contributed by atoms with Crippen LogP contribution in [0.15, 0.2) is 24.3 Å². The third-order valence-corrected chi connectivity index (χ3v) is 3.21. The Bertz CT molecular complexity index is 494. The molecular formula is C14H18N4O. The number of nitrogens with one attached hydrogen (secondary N) is 2. The van der Waals surface area contributed by atoms with Gasteiger partial charge in [-0.15, -0.1) is 0 Å². The normalized spacial score (nSPS) is 19.5. The number of piperidine rings is 1. The van der Waals surface area contributed by atoms with Crippen molar-refractivity contribution in [2.75, 3.05) is 25.5 Å². The van der Waals surface area contributed by atoms with Crippen LogP contribution in [0.4, 0.5) is 10.5 Å². The summed E-state index contributed by atoms with van der Waals surface area (Å²) in [6, 6.07) is 8.92. The van der Waals surface area contributed by atoms with Crippen molar-refractivity contribution in [1.29, 1.82) is 5.26 Å². The van der Waals surface area contributed by atoms with Gasteiger partial charge in [-0.05, 0) is 44.6 Å². The van der Waals surface area contributed by atoms with E-state index in [1.165, 1.54) is 0 Å². The van der Waals surface area contributed by atoms with E-state index in [1.54, 1.807) is 24.3 Å². The van der Waals surface area contributed by atoms with E-state index in [-0.39, 0.29) is 12.1 Å². The zero-order valence-corrected chi connectivity index (χ0v) is 11.0. The Balaban J connectivity index is 1.88. The van der Waals surface area contributed by atoms with E-state index in [0.29, 0.717) is 11.3 Å². The maximum Gasteiger partial charge on any atom is 0.319 e. The Hall–Kier alpha value is -2.06. The quantitative estimate of drug-likeness (QED) is 0.849. The molecule has 0 aromatic heterocycles. The molecule has 2 amide bonds. The van der Waals surface area contributed by atoms with E-state index < -0.39 is 0 Å². The van der Waals surface area contributed by atoms with Crippen LogP contribution < -0.4 is 10.6 Å². The first-order valence-corrected chi connectivity index (χ1v) is 6.43. The van der Waals surface area contributed by atoms with Crippen molar-refractivity contribution in [3.63, 3.8) is 0 Å². The predicted molar refractivity (Wildman–Crippen MR) is 73.8 cm³/mol. The maximum absolute atomic E-state index is 11.9. The fourth-order valence-corrected chi connectivity index (χ4v) is 2.30. The van der Waals surface area contributed by atoms with E-state index >= 15 is 0 Å². The smallest absolute Gasteiger partial charge is 0.319 e. The largest absolute Gasteiger partial charge is 0.334 e. The molecule has 5 nitrogen and oxygen atoms in total. The Kier molecular flexibility index (Phi) is 4.37. The number of likely N-dealkylation sites (tertiary alicyclic amines) is 1. The zero-order valence-electron chi connectivity index (χ0n) is 11.0. The van der Waals surface area contributed by atoms with E-state index in [0.717, 1.165) is 25.9 Å². The first kappa shape index (κ1) is 13.4. The van der Waals surface area contributed by atoms with Crippen molar-refractivity contribution in [3.05, 3.63) is 29.8 Å². The monoisotopic (exact) mass is 258 g/mol. The standard InChI is InChI=1S/C14H18N4O/c1-18-7-3-6-13(10-18)17-14(19)16-12-5-2-4-11(8-12)9-15/h2,4-5,8,13H,3,6-7,10H2,1H3,(H2,16,17,19)/t13-/m1/s1. The van der Waals surface area contributed by atoms with Gasteiger partial charge in [-0.2, -0.15) is 5.26 Å². The highest BCUT2D eigenvalue weighted by Crippen LogP contribution is 2.11. The molecule has 1 aliphatic heterocycles. The van der Waals surface area contributed by atoms with E-state index in [9.17, 15) is 4.79 Å². The van der Waals surface area contributed by atoms with Crippen LogP contribution in [0.2, 0.25) is 0 Å². The van der Waals surface area contributed by atoms with Gasteiger partial charge in [0.05, 0.1) is 11.6 Å². The molecule has 1 heterocycles. The molecule has 0 radical (unpaired) electrons. The molecule has 1 aromatic carbocycles. The van der Waals surface area contributed by atoms with Gasteiger partial charge in [-0.25, -0.2) is 4.79 Å². The van der Waals surface area contributed by atoms with E-state index in [2.05, 4.69) is 22.6 Å². The first-order valence-electron chi connectivity index (χ1n) is 6.43. The summed E-state index contributed by atoms with van der Waals surface area (Å²) < 4.78 is 0. The number of hydrogen-bond acceptors (Lipinski definition) is 3. The highest BCUT2D eigenvalue weighted by Gasteiger charge is 2.18. The van der Waals surface area contributed by atoms with Gasteiger partial charge < -0.3 is 15.5 Å². The molecular weight excluding hydrogens is 240 g/mol. The number of carbonyl (C=O) groups excluding carboxylic acids is 1. The number of anilines is 1. The lowest BCUT2D eigenvalue weighted by molar-refractivity contribution is 0.216. The van der Waals surface area contributed by atoms with Gasteiger partial charge in [0.2, 0.25) is 0 Å². The van der Waals surface area contributed by atoms with Gasteiger partial charge in [0, 0.05) is 18.3 Å². The van der Waals surface area contributed by atoms with Crippen LogP contribution in [0.5, 0.6) is 0 Å². The molecule has 1 saturated heterocycles. The van der Waals surface area contributed by atoms with Gasteiger partial charge in [0.25, 0.3) is 0 Å². The van der Waals surface area contributed by atoms with Gasteiger partial charge in [0.1, 0.15) is 0 Å². The molecule has 0 bridgehead atoms. The second-order valence-corrected chi connectivity index (χ2v) is 4.89. The van der Waals surface area contributed by atoms with Gasteiger partial charge in [0.15, 0.2) is 0 Å².